The van der Waals surface area contributed by atoms with Gasteiger partial charge in [-0.2, -0.15) is 0 Å². The average Bonchev–Trinajstić information content (AvgIpc) is 2.96. The first-order valence-electron chi connectivity index (χ1n) is 7.42. The van der Waals surface area contributed by atoms with Crippen LogP contribution in [0.4, 0.5) is 0 Å². The largest absolute Gasteiger partial charge is 0.308 e. The molecule has 1 aliphatic carbocycles. The zero-order chi connectivity index (χ0) is 13.8. The lowest BCUT2D eigenvalue weighted by molar-refractivity contribution is 0.279. The van der Waals surface area contributed by atoms with Crippen LogP contribution in [0.1, 0.15) is 38.3 Å². The highest BCUT2D eigenvalue weighted by Crippen LogP contribution is 2.25. The second kappa shape index (κ2) is 6.46. The molecule has 0 saturated heterocycles. The molecular weight excluding hydrogens is 266 g/mol. The maximum absolute atomic E-state index is 4.68. The first-order valence-corrected chi connectivity index (χ1v) is 8.30. The van der Waals surface area contributed by atoms with Crippen LogP contribution in [-0.2, 0) is 6.54 Å². The minimum absolute atomic E-state index is 0.656. The van der Waals surface area contributed by atoms with Gasteiger partial charge in [0.1, 0.15) is 5.01 Å². The molecule has 2 aromatic heterocycles. The van der Waals surface area contributed by atoms with Gasteiger partial charge in [0.15, 0.2) is 0 Å². The highest BCUT2D eigenvalue weighted by molar-refractivity contribution is 7.13. The van der Waals surface area contributed by atoms with Crippen molar-refractivity contribution in [2.75, 3.05) is 0 Å². The third-order valence-corrected chi connectivity index (χ3v) is 5.01. The van der Waals surface area contributed by atoms with Crippen molar-refractivity contribution < 1.29 is 0 Å². The molecule has 4 heteroatoms. The number of hydrogen-bond acceptors (Lipinski definition) is 4. The van der Waals surface area contributed by atoms with E-state index in [1.165, 1.54) is 25.7 Å². The van der Waals surface area contributed by atoms with E-state index in [0.29, 0.717) is 6.04 Å². The van der Waals surface area contributed by atoms with E-state index in [2.05, 4.69) is 27.6 Å². The van der Waals surface area contributed by atoms with Gasteiger partial charge in [-0.15, -0.1) is 11.3 Å². The van der Waals surface area contributed by atoms with E-state index < -0.39 is 0 Å². The Bertz CT molecular complexity index is 538. The zero-order valence-electron chi connectivity index (χ0n) is 11.9. The van der Waals surface area contributed by atoms with Crippen LogP contribution in [-0.4, -0.2) is 16.0 Å². The van der Waals surface area contributed by atoms with Gasteiger partial charge in [0.2, 0.25) is 0 Å². The molecule has 20 heavy (non-hydrogen) atoms. The predicted molar refractivity (Wildman–Crippen MR) is 83.6 cm³/mol. The third-order valence-electron chi connectivity index (χ3n) is 4.09. The van der Waals surface area contributed by atoms with Crippen LogP contribution in [0.3, 0.4) is 0 Å². The molecule has 3 rings (SSSR count). The molecule has 106 valence electrons. The molecule has 0 amide bonds. The fraction of sp³-hybridized carbons (Fsp3) is 0.500. The SMILES string of the molecule is CC1CCCCC1NCc1csc(-c2ccccn2)n1. The number of pyridine rings is 1. The van der Waals surface area contributed by atoms with Crippen molar-refractivity contribution in [2.24, 2.45) is 5.92 Å². The van der Waals surface area contributed by atoms with Crippen molar-refractivity contribution in [2.45, 2.75) is 45.2 Å². The number of thiazole rings is 1. The summed E-state index contributed by atoms with van der Waals surface area (Å²) in [6.45, 7) is 3.23. The summed E-state index contributed by atoms with van der Waals surface area (Å²) in [4.78, 5) is 9.04. The van der Waals surface area contributed by atoms with Crippen LogP contribution >= 0.6 is 11.3 Å². The van der Waals surface area contributed by atoms with Crippen molar-refractivity contribution >= 4 is 11.3 Å². The van der Waals surface area contributed by atoms with Crippen molar-refractivity contribution in [3.05, 3.63) is 35.5 Å². The van der Waals surface area contributed by atoms with Crippen LogP contribution in [0.15, 0.2) is 29.8 Å². The second-order valence-electron chi connectivity index (χ2n) is 5.61. The summed E-state index contributed by atoms with van der Waals surface area (Å²) in [5, 5.41) is 6.83. The molecule has 0 aliphatic heterocycles. The maximum atomic E-state index is 4.68. The van der Waals surface area contributed by atoms with E-state index in [0.717, 1.165) is 28.9 Å². The topological polar surface area (TPSA) is 37.8 Å². The Morgan fingerprint density at radius 2 is 2.20 bits per heavy atom. The molecule has 0 radical (unpaired) electrons. The lowest BCUT2D eigenvalue weighted by atomic mass is 9.86. The molecule has 1 N–H and O–H groups in total. The van der Waals surface area contributed by atoms with Crippen molar-refractivity contribution in [3.8, 4) is 10.7 Å². The van der Waals surface area contributed by atoms with Gasteiger partial charge in [0.05, 0.1) is 11.4 Å². The van der Waals surface area contributed by atoms with Gasteiger partial charge in [-0.3, -0.25) is 4.98 Å². The Morgan fingerprint density at radius 3 is 3.00 bits per heavy atom. The van der Waals surface area contributed by atoms with E-state index in [4.69, 9.17) is 0 Å². The number of aromatic nitrogens is 2. The number of nitrogens with one attached hydrogen (secondary N) is 1. The molecule has 1 fully saturated rings. The highest BCUT2D eigenvalue weighted by Gasteiger charge is 2.20. The van der Waals surface area contributed by atoms with Gasteiger partial charge in [-0.1, -0.05) is 25.8 Å². The van der Waals surface area contributed by atoms with Crippen molar-refractivity contribution in [1.29, 1.82) is 0 Å². The van der Waals surface area contributed by atoms with Gasteiger partial charge < -0.3 is 5.32 Å². The maximum Gasteiger partial charge on any atom is 0.142 e. The monoisotopic (exact) mass is 287 g/mol. The minimum atomic E-state index is 0.656. The number of hydrogen-bond donors (Lipinski definition) is 1. The Hall–Kier alpha value is -1.26. The molecule has 2 heterocycles. The molecular formula is C16H21N3S. The lowest BCUT2D eigenvalue weighted by Crippen LogP contribution is -2.36. The van der Waals surface area contributed by atoms with Crippen molar-refractivity contribution in [1.82, 2.24) is 15.3 Å². The number of rotatable bonds is 4. The van der Waals surface area contributed by atoms with Gasteiger partial charge in [0, 0.05) is 24.2 Å². The zero-order valence-corrected chi connectivity index (χ0v) is 12.7. The Labute approximate surface area is 124 Å². The summed E-state index contributed by atoms with van der Waals surface area (Å²) in [6.07, 6.45) is 7.23. The second-order valence-corrected chi connectivity index (χ2v) is 6.47. The first-order chi connectivity index (χ1) is 9.83. The first kappa shape index (κ1) is 13.7. The van der Waals surface area contributed by atoms with E-state index in [9.17, 15) is 0 Å². The third kappa shape index (κ3) is 3.25. The molecule has 0 bridgehead atoms. The summed E-state index contributed by atoms with van der Waals surface area (Å²) in [5.41, 5.74) is 2.10. The van der Waals surface area contributed by atoms with E-state index in [1.807, 2.05) is 24.4 Å². The summed E-state index contributed by atoms with van der Waals surface area (Å²) in [7, 11) is 0. The van der Waals surface area contributed by atoms with Crippen LogP contribution < -0.4 is 5.32 Å². The lowest BCUT2D eigenvalue weighted by Gasteiger charge is -2.29. The molecule has 1 aliphatic rings. The van der Waals surface area contributed by atoms with Gasteiger partial charge in [0.25, 0.3) is 0 Å². The Balaban J connectivity index is 1.60. The summed E-state index contributed by atoms with van der Waals surface area (Å²) in [6, 6.07) is 6.61. The molecule has 0 spiro atoms. The minimum Gasteiger partial charge on any atom is -0.308 e. The average molecular weight is 287 g/mol. The Morgan fingerprint density at radius 1 is 1.30 bits per heavy atom. The number of nitrogens with zero attached hydrogens (tertiary/aromatic N) is 2. The normalized spacial score (nSPS) is 22.9. The van der Waals surface area contributed by atoms with Crippen LogP contribution in [0.5, 0.6) is 0 Å². The molecule has 0 aromatic carbocycles. The predicted octanol–water partition coefficient (Wildman–Crippen LogP) is 3.87. The van der Waals surface area contributed by atoms with Crippen LogP contribution in [0.2, 0.25) is 0 Å². The summed E-state index contributed by atoms with van der Waals surface area (Å²) >= 11 is 1.68. The van der Waals surface area contributed by atoms with Crippen molar-refractivity contribution in [3.63, 3.8) is 0 Å². The van der Waals surface area contributed by atoms with Gasteiger partial charge in [-0.05, 0) is 30.9 Å². The molecule has 2 aromatic rings. The molecule has 3 nitrogen and oxygen atoms in total. The quantitative estimate of drug-likeness (QED) is 0.927. The van der Waals surface area contributed by atoms with Gasteiger partial charge >= 0.3 is 0 Å². The molecule has 1 saturated carbocycles. The van der Waals surface area contributed by atoms with E-state index in [1.54, 1.807) is 11.3 Å². The van der Waals surface area contributed by atoms with E-state index in [-0.39, 0.29) is 0 Å². The molecule has 2 atom stereocenters. The van der Waals surface area contributed by atoms with E-state index >= 15 is 0 Å². The van der Waals surface area contributed by atoms with Gasteiger partial charge in [-0.25, -0.2) is 4.98 Å². The Kier molecular flexibility index (Phi) is 4.43. The fourth-order valence-electron chi connectivity index (χ4n) is 2.85. The van der Waals surface area contributed by atoms with Crippen LogP contribution in [0, 0.1) is 5.92 Å². The smallest absolute Gasteiger partial charge is 0.142 e. The summed E-state index contributed by atoms with van der Waals surface area (Å²) in [5.74, 6) is 0.789. The summed E-state index contributed by atoms with van der Waals surface area (Å²) < 4.78 is 0. The van der Waals surface area contributed by atoms with Crippen LogP contribution in [0.25, 0.3) is 10.7 Å². The molecule has 2 unspecified atom stereocenters. The fourth-order valence-corrected chi connectivity index (χ4v) is 3.65. The standard InChI is InChI=1S/C16H21N3S/c1-12-6-2-3-7-14(12)18-10-13-11-20-16(19-13)15-8-4-5-9-17-15/h4-5,8-9,11-12,14,18H,2-3,6-7,10H2,1H3. The highest BCUT2D eigenvalue weighted by atomic mass is 32.1.